The summed E-state index contributed by atoms with van der Waals surface area (Å²) in [6.45, 7) is 0.783. The standard InChI is InChI=1S/C17H16N2O3S/c18-10-13-4-3-6-16(9-13)23(20,21)19-11-14-8-15-5-1-2-7-17(15)22-12-14/h1-7,9,14,19H,8,11-12H2. The van der Waals surface area contributed by atoms with Crippen molar-refractivity contribution in [3.63, 3.8) is 0 Å². The number of benzene rings is 2. The molecular weight excluding hydrogens is 312 g/mol. The van der Waals surface area contributed by atoms with Gasteiger partial charge >= 0.3 is 0 Å². The predicted octanol–water partition coefficient (Wildman–Crippen LogP) is 2.09. The van der Waals surface area contributed by atoms with E-state index in [4.69, 9.17) is 10.00 Å². The Bertz CT molecular complexity index is 856. The van der Waals surface area contributed by atoms with Gasteiger partial charge in [0.1, 0.15) is 5.75 Å². The minimum atomic E-state index is -3.63. The highest BCUT2D eigenvalue weighted by atomic mass is 32.2. The molecule has 1 heterocycles. The normalized spacial score (nSPS) is 16.9. The minimum Gasteiger partial charge on any atom is -0.493 e. The maximum Gasteiger partial charge on any atom is 0.240 e. The lowest BCUT2D eigenvalue weighted by molar-refractivity contribution is 0.223. The van der Waals surface area contributed by atoms with Gasteiger partial charge in [0.2, 0.25) is 10.0 Å². The molecule has 1 unspecified atom stereocenters. The van der Waals surface area contributed by atoms with Crippen LogP contribution in [0.2, 0.25) is 0 Å². The van der Waals surface area contributed by atoms with Crippen molar-refractivity contribution < 1.29 is 13.2 Å². The smallest absolute Gasteiger partial charge is 0.240 e. The topological polar surface area (TPSA) is 79.2 Å². The van der Waals surface area contributed by atoms with E-state index in [1.54, 1.807) is 12.1 Å². The van der Waals surface area contributed by atoms with E-state index >= 15 is 0 Å². The van der Waals surface area contributed by atoms with E-state index in [2.05, 4.69) is 4.72 Å². The third-order valence-electron chi connectivity index (χ3n) is 3.79. The Hall–Kier alpha value is -2.36. The first-order valence-corrected chi connectivity index (χ1v) is 8.77. The monoisotopic (exact) mass is 328 g/mol. The molecule has 1 N–H and O–H groups in total. The molecular formula is C17H16N2O3S. The molecule has 0 fully saturated rings. The molecule has 2 aromatic carbocycles. The second kappa shape index (κ2) is 6.41. The lowest BCUT2D eigenvalue weighted by atomic mass is 9.97. The van der Waals surface area contributed by atoms with Crippen molar-refractivity contribution >= 4 is 10.0 Å². The average molecular weight is 328 g/mol. The van der Waals surface area contributed by atoms with Crippen molar-refractivity contribution in [1.82, 2.24) is 4.72 Å². The van der Waals surface area contributed by atoms with Crippen molar-refractivity contribution in [3.8, 4) is 11.8 Å². The number of rotatable bonds is 4. The summed E-state index contributed by atoms with van der Waals surface area (Å²) in [4.78, 5) is 0.105. The predicted molar refractivity (Wildman–Crippen MR) is 85.5 cm³/mol. The Balaban J connectivity index is 1.67. The zero-order valence-corrected chi connectivity index (χ0v) is 13.2. The fourth-order valence-electron chi connectivity index (χ4n) is 2.57. The maximum absolute atomic E-state index is 12.3. The molecule has 0 amide bonds. The van der Waals surface area contributed by atoms with Crippen LogP contribution in [0.1, 0.15) is 11.1 Å². The van der Waals surface area contributed by atoms with Gasteiger partial charge < -0.3 is 4.74 Å². The Labute approximate surface area is 135 Å². The lowest BCUT2D eigenvalue weighted by Gasteiger charge is -2.25. The fourth-order valence-corrected chi connectivity index (χ4v) is 3.73. The van der Waals surface area contributed by atoms with Crippen LogP contribution in [0.25, 0.3) is 0 Å². The van der Waals surface area contributed by atoms with E-state index in [0.717, 1.165) is 17.7 Å². The molecule has 0 spiro atoms. The van der Waals surface area contributed by atoms with Gasteiger partial charge in [0.25, 0.3) is 0 Å². The van der Waals surface area contributed by atoms with Crippen LogP contribution in [0.3, 0.4) is 0 Å². The van der Waals surface area contributed by atoms with E-state index in [0.29, 0.717) is 18.7 Å². The second-order valence-electron chi connectivity index (χ2n) is 5.48. The number of hydrogen-bond donors (Lipinski definition) is 1. The minimum absolute atomic E-state index is 0.0822. The van der Waals surface area contributed by atoms with Crippen LogP contribution >= 0.6 is 0 Å². The molecule has 23 heavy (non-hydrogen) atoms. The quantitative estimate of drug-likeness (QED) is 0.932. The molecule has 2 aromatic rings. The molecule has 3 rings (SSSR count). The molecule has 1 atom stereocenters. The summed E-state index contributed by atoms with van der Waals surface area (Å²) in [5.41, 5.74) is 1.41. The van der Waals surface area contributed by atoms with Gasteiger partial charge in [-0.1, -0.05) is 24.3 Å². The largest absolute Gasteiger partial charge is 0.493 e. The molecule has 5 nitrogen and oxygen atoms in total. The average Bonchev–Trinajstić information content (AvgIpc) is 2.60. The van der Waals surface area contributed by atoms with Crippen LogP contribution < -0.4 is 9.46 Å². The van der Waals surface area contributed by atoms with Gasteiger partial charge in [-0.3, -0.25) is 0 Å². The number of fused-ring (bicyclic) bond motifs is 1. The Morgan fingerprint density at radius 1 is 1.22 bits per heavy atom. The molecule has 0 aliphatic carbocycles. The Morgan fingerprint density at radius 2 is 2.04 bits per heavy atom. The third kappa shape index (κ3) is 3.52. The summed E-state index contributed by atoms with van der Waals surface area (Å²) in [6.07, 6.45) is 0.775. The van der Waals surface area contributed by atoms with Gasteiger partial charge in [0, 0.05) is 12.5 Å². The van der Waals surface area contributed by atoms with E-state index < -0.39 is 10.0 Å². The van der Waals surface area contributed by atoms with E-state index in [1.807, 2.05) is 30.3 Å². The summed E-state index contributed by atoms with van der Waals surface area (Å²) in [7, 11) is -3.63. The van der Waals surface area contributed by atoms with E-state index in [9.17, 15) is 8.42 Å². The molecule has 1 aliphatic heterocycles. The number of ether oxygens (including phenoxy) is 1. The molecule has 0 saturated heterocycles. The van der Waals surface area contributed by atoms with Crippen LogP contribution in [0.4, 0.5) is 0 Å². The third-order valence-corrected chi connectivity index (χ3v) is 5.21. The van der Waals surface area contributed by atoms with Crippen LogP contribution in [0.15, 0.2) is 53.4 Å². The highest BCUT2D eigenvalue weighted by Gasteiger charge is 2.22. The zero-order chi connectivity index (χ0) is 16.3. The molecule has 118 valence electrons. The summed E-state index contributed by atoms with van der Waals surface area (Å²) >= 11 is 0. The number of nitrogens with zero attached hydrogens (tertiary/aromatic N) is 1. The van der Waals surface area contributed by atoms with Crippen LogP contribution in [0, 0.1) is 17.2 Å². The van der Waals surface area contributed by atoms with Gasteiger partial charge in [0.05, 0.1) is 23.1 Å². The number of para-hydroxylation sites is 1. The lowest BCUT2D eigenvalue weighted by Crippen LogP contribution is -2.34. The number of hydrogen-bond acceptors (Lipinski definition) is 4. The Morgan fingerprint density at radius 3 is 2.87 bits per heavy atom. The van der Waals surface area contributed by atoms with Crippen LogP contribution in [0.5, 0.6) is 5.75 Å². The van der Waals surface area contributed by atoms with Crippen molar-refractivity contribution in [2.45, 2.75) is 11.3 Å². The first-order chi connectivity index (χ1) is 11.1. The molecule has 0 bridgehead atoms. The number of sulfonamides is 1. The van der Waals surface area contributed by atoms with Gasteiger partial charge in [-0.25, -0.2) is 13.1 Å². The van der Waals surface area contributed by atoms with Crippen molar-refractivity contribution in [3.05, 3.63) is 59.7 Å². The second-order valence-corrected chi connectivity index (χ2v) is 7.25. The molecule has 0 saturated carbocycles. The first kappa shape index (κ1) is 15.5. The van der Waals surface area contributed by atoms with Crippen LogP contribution in [-0.4, -0.2) is 21.6 Å². The SMILES string of the molecule is N#Cc1cccc(S(=O)(=O)NCC2COc3ccccc3C2)c1. The molecule has 0 aromatic heterocycles. The first-order valence-electron chi connectivity index (χ1n) is 7.29. The van der Waals surface area contributed by atoms with Crippen molar-refractivity contribution in [1.29, 1.82) is 5.26 Å². The van der Waals surface area contributed by atoms with Crippen molar-refractivity contribution in [2.75, 3.05) is 13.2 Å². The van der Waals surface area contributed by atoms with Gasteiger partial charge in [-0.2, -0.15) is 5.26 Å². The summed E-state index contributed by atoms with van der Waals surface area (Å²) < 4.78 is 32.9. The highest BCUT2D eigenvalue weighted by molar-refractivity contribution is 7.89. The number of nitriles is 1. The van der Waals surface area contributed by atoms with E-state index in [-0.39, 0.29) is 10.8 Å². The van der Waals surface area contributed by atoms with Crippen molar-refractivity contribution in [2.24, 2.45) is 5.92 Å². The maximum atomic E-state index is 12.3. The van der Waals surface area contributed by atoms with Gasteiger partial charge in [0.15, 0.2) is 0 Å². The molecule has 0 radical (unpaired) electrons. The fraction of sp³-hybridized carbons (Fsp3) is 0.235. The summed E-state index contributed by atoms with van der Waals surface area (Å²) in [5, 5.41) is 8.87. The summed E-state index contributed by atoms with van der Waals surface area (Å²) in [5.74, 6) is 0.951. The van der Waals surface area contributed by atoms with Gasteiger partial charge in [-0.15, -0.1) is 0 Å². The highest BCUT2D eigenvalue weighted by Crippen LogP contribution is 2.26. The Kier molecular flexibility index (Phi) is 4.33. The van der Waals surface area contributed by atoms with Gasteiger partial charge in [-0.05, 0) is 36.2 Å². The molecule has 1 aliphatic rings. The van der Waals surface area contributed by atoms with Crippen LogP contribution in [-0.2, 0) is 16.4 Å². The number of nitrogens with one attached hydrogen (secondary N) is 1. The van der Waals surface area contributed by atoms with E-state index in [1.165, 1.54) is 12.1 Å². The summed E-state index contributed by atoms with van der Waals surface area (Å²) in [6, 6.07) is 15.7. The molecule has 6 heteroatoms. The zero-order valence-electron chi connectivity index (χ0n) is 12.4.